The molecule has 1 aromatic carbocycles. The fraction of sp³-hybridized carbons (Fsp3) is 0.0909. The number of hydrogen-bond acceptors (Lipinski definition) is 3. The Labute approximate surface area is 91.1 Å². The average molecular weight is 219 g/mol. The number of hydrogen-bond donors (Lipinski definition) is 1. The van der Waals surface area contributed by atoms with Gasteiger partial charge in [-0.05, 0) is 17.7 Å². The fourth-order valence-corrected chi connectivity index (χ4v) is 2.03. The Hall–Kier alpha value is -1.55. The normalized spacial score (nSPS) is 10.5. The maximum atomic E-state index is 10.8. The first-order valence-electron chi connectivity index (χ1n) is 4.39. The largest absolute Gasteiger partial charge is 0.477 e. The van der Waals surface area contributed by atoms with Crippen molar-refractivity contribution in [3.05, 3.63) is 36.0 Å². The molecular formula is C11H9NO2S. The Morgan fingerprint density at radius 1 is 1.40 bits per heavy atom. The van der Waals surface area contributed by atoms with Crippen LogP contribution in [0.5, 0.6) is 0 Å². The van der Waals surface area contributed by atoms with Gasteiger partial charge in [0.1, 0.15) is 10.7 Å². The molecule has 4 heteroatoms. The van der Waals surface area contributed by atoms with E-state index in [0.717, 1.165) is 15.8 Å². The molecule has 0 saturated carbocycles. The molecule has 2 rings (SSSR count). The third-order valence-electron chi connectivity index (χ3n) is 2.12. The Morgan fingerprint density at radius 2 is 2.13 bits per heavy atom. The summed E-state index contributed by atoms with van der Waals surface area (Å²) < 4.78 is 0. The lowest BCUT2D eigenvalue weighted by Crippen LogP contribution is -2.01. The third-order valence-corrected chi connectivity index (χ3v) is 2.82. The maximum Gasteiger partial charge on any atom is 0.354 e. The van der Waals surface area contributed by atoms with Gasteiger partial charge in [0.15, 0.2) is 0 Å². The van der Waals surface area contributed by atoms with Crippen LogP contribution in [0.2, 0.25) is 0 Å². The number of aromatic carboxylic acids is 1. The van der Waals surface area contributed by atoms with Crippen molar-refractivity contribution in [1.82, 2.24) is 4.98 Å². The maximum absolute atomic E-state index is 10.8. The smallest absolute Gasteiger partial charge is 0.354 e. The molecule has 0 saturated heterocycles. The molecule has 3 nitrogen and oxygen atoms in total. The predicted octanol–water partition coefficient (Wildman–Crippen LogP) is 2.65. The minimum Gasteiger partial charge on any atom is -0.477 e. The van der Waals surface area contributed by atoms with E-state index in [9.17, 15) is 4.79 Å². The van der Waals surface area contributed by atoms with Gasteiger partial charge in [-0.15, -0.1) is 11.8 Å². The van der Waals surface area contributed by atoms with Crippen LogP contribution < -0.4 is 0 Å². The van der Waals surface area contributed by atoms with Gasteiger partial charge < -0.3 is 5.11 Å². The molecule has 0 atom stereocenters. The van der Waals surface area contributed by atoms with Crippen LogP contribution in [-0.2, 0) is 0 Å². The van der Waals surface area contributed by atoms with Crippen molar-refractivity contribution in [1.29, 1.82) is 0 Å². The van der Waals surface area contributed by atoms with Crippen molar-refractivity contribution >= 4 is 28.5 Å². The highest BCUT2D eigenvalue weighted by atomic mass is 32.2. The van der Waals surface area contributed by atoms with Crippen LogP contribution in [0, 0.1) is 0 Å². The number of rotatable bonds is 2. The monoisotopic (exact) mass is 219 g/mol. The lowest BCUT2D eigenvalue weighted by molar-refractivity contribution is 0.0690. The number of thioether (sulfide) groups is 1. The van der Waals surface area contributed by atoms with Gasteiger partial charge in [-0.3, -0.25) is 0 Å². The van der Waals surface area contributed by atoms with E-state index in [4.69, 9.17) is 5.11 Å². The second-order valence-corrected chi connectivity index (χ2v) is 3.84. The van der Waals surface area contributed by atoms with Gasteiger partial charge in [0, 0.05) is 5.39 Å². The van der Waals surface area contributed by atoms with Crippen molar-refractivity contribution in [2.24, 2.45) is 0 Å². The average Bonchev–Trinajstić information content (AvgIpc) is 2.27. The second kappa shape index (κ2) is 3.90. The number of pyridine rings is 1. The number of aromatic nitrogens is 1. The summed E-state index contributed by atoms with van der Waals surface area (Å²) in [6.45, 7) is 0. The van der Waals surface area contributed by atoms with E-state index >= 15 is 0 Å². The summed E-state index contributed by atoms with van der Waals surface area (Å²) in [5, 5.41) is 11.6. The summed E-state index contributed by atoms with van der Waals surface area (Å²) in [5.74, 6) is -0.990. The first kappa shape index (κ1) is 9.98. The molecule has 2 aromatic rings. The van der Waals surface area contributed by atoms with Crippen molar-refractivity contribution < 1.29 is 9.90 Å². The van der Waals surface area contributed by atoms with Crippen molar-refractivity contribution in [3.63, 3.8) is 0 Å². The first-order valence-corrected chi connectivity index (χ1v) is 5.62. The molecule has 0 aliphatic heterocycles. The molecule has 1 heterocycles. The summed E-state index contributed by atoms with van der Waals surface area (Å²) in [5.41, 5.74) is 0.0954. The number of benzene rings is 1. The molecule has 0 amide bonds. The summed E-state index contributed by atoms with van der Waals surface area (Å²) in [7, 11) is 0. The molecular weight excluding hydrogens is 210 g/mol. The third kappa shape index (κ3) is 1.80. The van der Waals surface area contributed by atoms with Crippen LogP contribution in [-0.4, -0.2) is 22.3 Å². The van der Waals surface area contributed by atoms with E-state index < -0.39 is 5.97 Å². The molecule has 76 valence electrons. The molecule has 1 aromatic heterocycles. The van der Waals surface area contributed by atoms with Crippen LogP contribution in [0.4, 0.5) is 0 Å². The number of fused-ring (bicyclic) bond motifs is 1. The van der Waals surface area contributed by atoms with E-state index in [2.05, 4.69) is 4.98 Å². The minimum absolute atomic E-state index is 0.0954. The van der Waals surface area contributed by atoms with Gasteiger partial charge >= 0.3 is 5.97 Å². The number of carboxylic acids is 1. The Morgan fingerprint density at radius 3 is 2.80 bits per heavy atom. The SMILES string of the molecule is CSc1nc(C(=O)O)cc2ccccc12. The van der Waals surface area contributed by atoms with Gasteiger partial charge in [0.05, 0.1) is 0 Å². The summed E-state index contributed by atoms with van der Waals surface area (Å²) in [4.78, 5) is 14.9. The van der Waals surface area contributed by atoms with Crippen LogP contribution in [0.1, 0.15) is 10.5 Å². The van der Waals surface area contributed by atoms with Crippen LogP contribution >= 0.6 is 11.8 Å². The van der Waals surface area contributed by atoms with Gasteiger partial charge in [0.2, 0.25) is 0 Å². The molecule has 0 fully saturated rings. The van der Waals surface area contributed by atoms with Gasteiger partial charge in [-0.25, -0.2) is 9.78 Å². The quantitative estimate of drug-likeness (QED) is 0.789. The van der Waals surface area contributed by atoms with E-state index in [1.165, 1.54) is 11.8 Å². The van der Waals surface area contributed by atoms with Crippen molar-refractivity contribution in [2.45, 2.75) is 5.03 Å². The first-order chi connectivity index (χ1) is 7.22. The summed E-state index contributed by atoms with van der Waals surface area (Å²) >= 11 is 1.46. The molecule has 0 aliphatic carbocycles. The topological polar surface area (TPSA) is 50.2 Å². The molecule has 1 N–H and O–H groups in total. The van der Waals surface area contributed by atoms with E-state index in [-0.39, 0.29) is 5.69 Å². The number of nitrogens with zero attached hydrogens (tertiary/aromatic N) is 1. The Bertz CT molecular complexity index is 525. The standard InChI is InChI=1S/C11H9NO2S/c1-15-10-8-5-3-2-4-7(8)6-9(12-10)11(13)14/h2-6H,1H3,(H,13,14). The Kier molecular flexibility index (Phi) is 2.60. The Balaban J connectivity index is 2.77. The van der Waals surface area contributed by atoms with Gasteiger partial charge in [-0.2, -0.15) is 0 Å². The molecule has 0 spiro atoms. The molecule has 0 unspecified atom stereocenters. The zero-order valence-electron chi connectivity index (χ0n) is 8.10. The number of carboxylic acid groups (broad SMARTS) is 1. The fourth-order valence-electron chi connectivity index (χ4n) is 1.43. The van der Waals surface area contributed by atoms with Gasteiger partial charge in [0.25, 0.3) is 0 Å². The van der Waals surface area contributed by atoms with E-state index in [0.29, 0.717) is 0 Å². The highest BCUT2D eigenvalue weighted by molar-refractivity contribution is 7.98. The van der Waals surface area contributed by atoms with Crippen LogP contribution in [0.25, 0.3) is 10.8 Å². The van der Waals surface area contributed by atoms with E-state index in [1.54, 1.807) is 6.07 Å². The van der Waals surface area contributed by atoms with Gasteiger partial charge in [-0.1, -0.05) is 24.3 Å². The van der Waals surface area contributed by atoms with Crippen LogP contribution in [0.15, 0.2) is 35.4 Å². The highest BCUT2D eigenvalue weighted by Gasteiger charge is 2.09. The van der Waals surface area contributed by atoms with E-state index in [1.807, 2.05) is 30.5 Å². The predicted molar refractivity (Wildman–Crippen MR) is 60.5 cm³/mol. The molecule has 0 radical (unpaired) electrons. The minimum atomic E-state index is -0.990. The summed E-state index contributed by atoms with van der Waals surface area (Å²) in [6.07, 6.45) is 1.89. The van der Waals surface area contributed by atoms with Crippen LogP contribution in [0.3, 0.4) is 0 Å². The lowest BCUT2D eigenvalue weighted by Gasteiger charge is -2.04. The number of carbonyl (C=O) groups is 1. The van der Waals surface area contributed by atoms with Crippen molar-refractivity contribution in [3.8, 4) is 0 Å². The second-order valence-electron chi connectivity index (χ2n) is 3.04. The molecule has 15 heavy (non-hydrogen) atoms. The summed E-state index contributed by atoms with van der Waals surface area (Å²) in [6, 6.07) is 9.24. The zero-order valence-corrected chi connectivity index (χ0v) is 8.91. The zero-order chi connectivity index (χ0) is 10.8. The molecule has 0 bridgehead atoms. The lowest BCUT2D eigenvalue weighted by atomic mass is 10.1. The highest BCUT2D eigenvalue weighted by Crippen LogP contribution is 2.24. The molecule has 0 aliphatic rings. The van der Waals surface area contributed by atoms with Crippen molar-refractivity contribution in [2.75, 3.05) is 6.26 Å².